The maximum atomic E-state index is 13.7. The van der Waals surface area contributed by atoms with Crippen LogP contribution in [0.1, 0.15) is 27.6 Å². The number of rotatable bonds is 3. The molecule has 2 rings (SSSR count). The van der Waals surface area contributed by atoms with Crippen LogP contribution in [0.5, 0.6) is 0 Å². The number of benzene rings is 2. The fourth-order valence-electron chi connectivity index (χ4n) is 1.69. The summed E-state index contributed by atoms with van der Waals surface area (Å²) in [6.07, 6.45) is 0. The average Bonchev–Trinajstić information content (AvgIpc) is 2.42. The van der Waals surface area contributed by atoms with Crippen LogP contribution < -0.4 is 5.32 Å². The van der Waals surface area contributed by atoms with Crippen molar-refractivity contribution in [3.63, 3.8) is 0 Å². The number of hydrogen-bond donors (Lipinski definition) is 1. The maximum Gasteiger partial charge on any atom is 0.258 e. The average molecular weight is 292 g/mol. The van der Waals surface area contributed by atoms with Crippen molar-refractivity contribution in [2.75, 3.05) is 5.32 Å². The van der Waals surface area contributed by atoms with Gasteiger partial charge in [-0.15, -0.1) is 0 Å². The molecule has 2 aromatic carbocycles. The summed E-state index contributed by atoms with van der Waals surface area (Å²) >= 11 is 5.63. The molecule has 1 amide bonds. The molecule has 5 heteroatoms. The summed E-state index contributed by atoms with van der Waals surface area (Å²) in [5, 5.41) is 2.42. The molecular weight excluding hydrogens is 281 g/mol. The highest BCUT2D eigenvalue weighted by molar-refractivity contribution is 6.31. The first-order valence-electron chi connectivity index (χ1n) is 5.85. The van der Waals surface area contributed by atoms with Gasteiger partial charge in [0, 0.05) is 11.3 Å². The third-order valence-corrected chi connectivity index (χ3v) is 3.02. The maximum absolute atomic E-state index is 13.7. The van der Waals surface area contributed by atoms with Crippen molar-refractivity contribution in [1.29, 1.82) is 0 Å². The van der Waals surface area contributed by atoms with E-state index in [-0.39, 0.29) is 16.4 Å². The van der Waals surface area contributed by atoms with Gasteiger partial charge in [0.25, 0.3) is 5.91 Å². The highest BCUT2D eigenvalue weighted by atomic mass is 35.5. The predicted octanol–water partition coefficient (Wildman–Crippen LogP) is 3.93. The smallest absolute Gasteiger partial charge is 0.258 e. The molecule has 20 heavy (non-hydrogen) atoms. The molecule has 3 nitrogen and oxygen atoms in total. The molecule has 0 heterocycles. The quantitative estimate of drug-likeness (QED) is 0.871. The molecule has 0 aromatic heterocycles. The van der Waals surface area contributed by atoms with Crippen molar-refractivity contribution in [1.82, 2.24) is 0 Å². The van der Waals surface area contributed by atoms with Crippen molar-refractivity contribution in [3.05, 3.63) is 64.4 Å². The number of hydrogen-bond acceptors (Lipinski definition) is 2. The van der Waals surface area contributed by atoms with Crippen LogP contribution in [-0.4, -0.2) is 11.7 Å². The van der Waals surface area contributed by atoms with Gasteiger partial charge >= 0.3 is 0 Å². The molecular formula is C15H11ClFNO2. The predicted molar refractivity (Wildman–Crippen MR) is 75.8 cm³/mol. The minimum atomic E-state index is -0.769. The Bertz CT molecular complexity index is 685. The molecule has 0 unspecified atom stereocenters. The second-order valence-electron chi connectivity index (χ2n) is 4.19. The van der Waals surface area contributed by atoms with Gasteiger partial charge in [0.15, 0.2) is 11.6 Å². The van der Waals surface area contributed by atoms with E-state index in [1.807, 2.05) is 0 Å². The topological polar surface area (TPSA) is 46.2 Å². The number of amides is 1. The number of carbonyl (C=O) groups is 2. The largest absolute Gasteiger partial charge is 0.322 e. The van der Waals surface area contributed by atoms with E-state index in [2.05, 4.69) is 5.32 Å². The molecule has 0 radical (unpaired) electrons. The molecule has 0 aliphatic carbocycles. The van der Waals surface area contributed by atoms with Gasteiger partial charge in [-0.3, -0.25) is 9.59 Å². The van der Waals surface area contributed by atoms with Crippen LogP contribution in [0.4, 0.5) is 10.1 Å². The summed E-state index contributed by atoms with van der Waals surface area (Å²) in [5.74, 6) is -1.50. The molecule has 0 spiro atoms. The van der Waals surface area contributed by atoms with Crippen molar-refractivity contribution >= 4 is 29.0 Å². The van der Waals surface area contributed by atoms with E-state index in [0.29, 0.717) is 11.3 Å². The highest BCUT2D eigenvalue weighted by Gasteiger charge is 2.14. The Balaban J connectivity index is 2.26. The Hall–Kier alpha value is -2.20. The zero-order valence-electron chi connectivity index (χ0n) is 10.6. The first-order chi connectivity index (χ1) is 9.49. The number of Topliss-reactive ketones (excluding diaryl/α,β-unsaturated/α-hetero) is 1. The number of nitrogens with one attached hydrogen (secondary N) is 1. The summed E-state index contributed by atoms with van der Waals surface area (Å²) in [6, 6.07) is 10.6. The monoisotopic (exact) mass is 291 g/mol. The lowest BCUT2D eigenvalue weighted by atomic mass is 10.1. The van der Waals surface area contributed by atoms with Crippen molar-refractivity contribution in [2.45, 2.75) is 6.92 Å². The van der Waals surface area contributed by atoms with E-state index in [4.69, 9.17) is 11.6 Å². The third-order valence-electron chi connectivity index (χ3n) is 2.72. The van der Waals surface area contributed by atoms with Gasteiger partial charge in [0.2, 0.25) is 0 Å². The van der Waals surface area contributed by atoms with E-state index in [1.165, 1.54) is 31.2 Å². The standard InChI is InChI=1S/C15H11ClFNO2/c1-9(19)10-4-2-5-11(8-10)18-15(20)12-6-3-7-13(16)14(12)17/h2-8H,1H3,(H,18,20). The molecule has 0 bridgehead atoms. The minimum absolute atomic E-state index is 0.116. The Morgan fingerprint density at radius 1 is 1.15 bits per heavy atom. The minimum Gasteiger partial charge on any atom is -0.322 e. The summed E-state index contributed by atoms with van der Waals surface area (Å²) < 4.78 is 13.7. The van der Waals surface area contributed by atoms with Crippen LogP contribution in [0.15, 0.2) is 42.5 Å². The van der Waals surface area contributed by atoms with Crippen LogP contribution in [0, 0.1) is 5.82 Å². The molecule has 0 atom stereocenters. The second kappa shape index (κ2) is 5.84. The zero-order valence-corrected chi connectivity index (χ0v) is 11.4. The third kappa shape index (κ3) is 3.03. The van der Waals surface area contributed by atoms with Gasteiger partial charge in [-0.1, -0.05) is 29.8 Å². The van der Waals surface area contributed by atoms with Crippen molar-refractivity contribution in [3.8, 4) is 0 Å². The Kier molecular flexibility index (Phi) is 4.15. The summed E-state index contributed by atoms with van der Waals surface area (Å²) in [4.78, 5) is 23.2. The fraction of sp³-hybridized carbons (Fsp3) is 0.0667. The summed E-state index contributed by atoms with van der Waals surface area (Å²) in [7, 11) is 0. The molecule has 0 saturated heterocycles. The van der Waals surface area contributed by atoms with Crippen LogP contribution >= 0.6 is 11.6 Å². The van der Waals surface area contributed by atoms with Crippen LogP contribution in [0.3, 0.4) is 0 Å². The van der Waals surface area contributed by atoms with Gasteiger partial charge < -0.3 is 5.32 Å². The molecule has 1 N–H and O–H groups in total. The van der Waals surface area contributed by atoms with Gasteiger partial charge in [-0.25, -0.2) is 4.39 Å². The van der Waals surface area contributed by atoms with E-state index in [0.717, 1.165) is 0 Å². The molecule has 2 aromatic rings. The van der Waals surface area contributed by atoms with E-state index < -0.39 is 11.7 Å². The van der Waals surface area contributed by atoms with Gasteiger partial charge in [-0.05, 0) is 31.2 Å². The highest BCUT2D eigenvalue weighted by Crippen LogP contribution is 2.19. The van der Waals surface area contributed by atoms with Crippen molar-refractivity contribution < 1.29 is 14.0 Å². The van der Waals surface area contributed by atoms with Gasteiger partial charge in [0.05, 0.1) is 10.6 Å². The molecule has 102 valence electrons. The van der Waals surface area contributed by atoms with Crippen LogP contribution in [0.25, 0.3) is 0 Å². The van der Waals surface area contributed by atoms with E-state index >= 15 is 0 Å². The SMILES string of the molecule is CC(=O)c1cccc(NC(=O)c2cccc(Cl)c2F)c1. The molecule has 0 fully saturated rings. The molecule has 0 aliphatic heterocycles. The number of halogens is 2. The Labute approximate surface area is 120 Å². The Morgan fingerprint density at radius 2 is 1.85 bits per heavy atom. The van der Waals surface area contributed by atoms with Crippen molar-refractivity contribution in [2.24, 2.45) is 0 Å². The number of carbonyl (C=O) groups excluding carboxylic acids is 2. The number of anilines is 1. The lowest BCUT2D eigenvalue weighted by Crippen LogP contribution is -2.14. The first kappa shape index (κ1) is 14.2. The number of ketones is 1. The van der Waals surface area contributed by atoms with Crippen LogP contribution in [-0.2, 0) is 0 Å². The lowest BCUT2D eigenvalue weighted by molar-refractivity contribution is 0.100. The normalized spacial score (nSPS) is 10.2. The molecule has 0 saturated carbocycles. The Morgan fingerprint density at radius 3 is 2.55 bits per heavy atom. The lowest BCUT2D eigenvalue weighted by Gasteiger charge is -2.07. The summed E-state index contributed by atoms with van der Waals surface area (Å²) in [6.45, 7) is 1.43. The van der Waals surface area contributed by atoms with E-state index in [1.54, 1.807) is 18.2 Å². The fourth-order valence-corrected chi connectivity index (χ4v) is 1.87. The zero-order chi connectivity index (χ0) is 14.7. The van der Waals surface area contributed by atoms with Crippen LogP contribution in [0.2, 0.25) is 5.02 Å². The second-order valence-corrected chi connectivity index (χ2v) is 4.60. The van der Waals surface area contributed by atoms with Gasteiger partial charge in [-0.2, -0.15) is 0 Å². The van der Waals surface area contributed by atoms with E-state index in [9.17, 15) is 14.0 Å². The first-order valence-corrected chi connectivity index (χ1v) is 6.23. The summed E-state index contributed by atoms with van der Waals surface area (Å²) in [5.41, 5.74) is 0.738. The van der Waals surface area contributed by atoms with Gasteiger partial charge in [0.1, 0.15) is 0 Å². The molecule has 0 aliphatic rings.